The fourth-order valence-electron chi connectivity index (χ4n) is 1.55. The van der Waals surface area contributed by atoms with Crippen molar-refractivity contribution in [3.63, 3.8) is 0 Å². The van der Waals surface area contributed by atoms with E-state index in [1.165, 1.54) is 21.8 Å². The molecule has 1 aromatic heterocycles. The summed E-state index contributed by atoms with van der Waals surface area (Å²) in [5.41, 5.74) is 2.26. The zero-order valence-corrected chi connectivity index (χ0v) is 8.51. The molecule has 6 heteroatoms. The van der Waals surface area contributed by atoms with E-state index in [-0.39, 0.29) is 5.69 Å². The maximum atomic E-state index is 11.9. The molecule has 6 nitrogen and oxygen atoms in total. The molecule has 0 aromatic carbocycles. The Balaban J connectivity index is 2.50. The average molecular weight is 221 g/mol. The lowest BCUT2D eigenvalue weighted by molar-refractivity contribution is 0.0741. The summed E-state index contributed by atoms with van der Waals surface area (Å²) < 4.78 is 1.35. The van der Waals surface area contributed by atoms with E-state index < -0.39 is 17.1 Å². The van der Waals surface area contributed by atoms with E-state index in [1.807, 2.05) is 0 Å². The Hall–Kier alpha value is -2.24. The van der Waals surface area contributed by atoms with Crippen LogP contribution in [0.4, 0.5) is 0 Å². The summed E-state index contributed by atoms with van der Waals surface area (Å²) in [6.45, 7) is 4.19. The van der Waals surface area contributed by atoms with Crippen LogP contribution in [0.3, 0.4) is 0 Å². The summed E-state index contributed by atoms with van der Waals surface area (Å²) in [7, 11) is 0. The molecule has 0 aliphatic carbocycles. The molecule has 0 atom stereocenters. The van der Waals surface area contributed by atoms with Crippen molar-refractivity contribution in [2.24, 2.45) is 0 Å². The third-order valence-corrected chi connectivity index (χ3v) is 2.34. The first-order valence-electron chi connectivity index (χ1n) is 4.74. The van der Waals surface area contributed by atoms with Crippen LogP contribution in [0, 0.1) is 0 Å². The van der Waals surface area contributed by atoms with E-state index in [9.17, 15) is 14.7 Å². The van der Waals surface area contributed by atoms with E-state index in [1.54, 1.807) is 6.08 Å². The maximum Gasteiger partial charge on any atom is 0.278 e. The Labute approximate surface area is 91.4 Å². The number of nitrogens with one attached hydrogen (secondary N) is 1. The number of hydrogen-bond donors (Lipinski definition) is 2. The monoisotopic (exact) mass is 221 g/mol. The lowest BCUT2D eigenvalue weighted by Gasteiger charge is -2.30. The predicted molar refractivity (Wildman–Crippen MR) is 57.8 cm³/mol. The lowest BCUT2D eigenvalue weighted by Crippen LogP contribution is -2.46. The Morgan fingerprint density at radius 3 is 3.00 bits per heavy atom. The molecule has 0 radical (unpaired) electrons. The molecular formula is C10H11N3O3. The van der Waals surface area contributed by atoms with Crippen LogP contribution in [-0.2, 0) is 0 Å². The first kappa shape index (κ1) is 10.3. The molecule has 2 N–H and O–H groups in total. The summed E-state index contributed by atoms with van der Waals surface area (Å²) >= 11 is 0. The highest BCUT2D eigenvalue weighted by atomic mass is 16.3. The maximum absolute atomic E-state index is 11.9. The van der Waals surface area contributed by atoms with Crippen LogP contribution in [-0.4, -0.2) is 33.8 Å². The molecular weight excluding hydrogens is 210 g/mol. The molecule has 16 heavy (non-hydrogen) atoms. The van der Waals surface area contributed by atoms with Crippen LogP contribution in [0.15, 0.2) is 29.7 Å². The Kier molecular flexibility index (Phi) is 2.40. The van der Waals surface area contributed by atoms with Gasteiger partial charge in [-0.25, -0.2) is 0 Å². The van der Waals surface area contributed by atoms with Gasteiger partial charge < -0.3 is 15.4 Å². The van der Waals surface area contributed by atoms with Crippen molar-refractivity contribution < 1.29 is 9.90 Å². The zero-order valence-electron chi connectivity index (χ0n) is 8.51. The van der Waals surface area contributed by atoms with Crippen LogP contribution in [0.2, 0.25) is 0 Å². The standard InChI is InChI=1S/C10H11N3O3/c1-2-4-12-6-11-13-5-3-7(14)9(15)8(13)10(12)16/h2-3,5,11,15H,1,4,6H2. The topological polar surface area (TPSA) is 74.6 Å². The molecule has 2 rings (SSSR count). The summed E-state index contributed by atoms with van der Waals surface area (Å²) in [6.07, 6.45) is 2.99. The van der Waals surface area contributed by atoms with Gasteiger partial charge in [0.15, 0.2) is 11.4 Å². The van der Waals surface area contributed by atoms with Gasteiger partial charge in [-0.15, -0.1) is 6.58 Å². The van der Waals surface area contributed by atoms with Crippen molar-refractivity contribution in [2.45, 2.75) is 0 Å². The van der Waals surface area contributed by atoms with Gasteiger partial charge in [-0.3, -0.25) is 14.3 Å². The number of aromatic nitrogens is 1. The van der Waals surface area contributed by atoms with Crippen molar-refractivity contribution in [3.05, 3.63) is 40.8 Å². The molecule has 0 bridgehead atoms. The molecule has 0 saturated heterocycles. The molecule has 1 aliphatic heterocycles. The number of carbonyl (C=O) groups is 1. The highest BCUT2D eigenvalue weighted by Gasteiger charge is 2.26. The minimum absolute atomic E-state index is 0.0411. The van der Waals surface area contributed by atoms with Crippen LogP contribution in [0.5, 0.6) is 5.75 Å². The summed E-state index contributed by atoms with van der Waals surface area (Å²) in [6, 6.07) is 1.20. The number of hydrogen-bond acceptors (Lipinski definition) is 4. The molecule has 0 spiro atoms. The predicted octanol–water partition coefficient (Wildman–Crippen LogP) is -0.303. The van der Waals surface area contributed by atoms with Gasteiger partial charge in [0.2, 0.25) is 5.43 Å². The second kappa shape index (κ2) is 3.73. The van der Waals surface area contributed by atoms with E-state index in [4.69, 9.17) is 0 Å². The third-order valence-electron chi connectivity index (χ3n) is 2.34. The van der Waals surface area contributed by atoms with Crippen molar-refractivity contribution in [3.8, 4) is 5.75 Å². The Bertz CT molecular complexity index is 507. The number of carbonyl (C=O) groups excluding carboxylic acids is 1. The number of aromatic hydroxyl groups is 1. The van der Waals surface area contributed by atoms with Gasteiger partial charge in [0, 0.05) is 18.8 Å². The van der Waals surface area contributed by atoms with Crippen molar-refractivity contribution in [1.29, 1.82) is 0 Å². The van der Waals surface area contributed by atoms with Gasteiger partial charge in [0.1, 0.15) is 6.67 Å². The van der Waals surface area contributed by atoms with Crippen molar-refractivity contribution in [1.82, 2.24) is 9.58 Å². The van der Waals surface area contributed by atoms with E-state index >= 15 is 0 Å². The minimum Gasteiger partial charge on any atom is -0.502 e. The normalized spacial score (nSPS) is 14.2. The van der Waals surface area contributed by atoms with E-state index in [0.717, 1.165) is 0 Å². The average Bonchev–Trinajstić information content (AvgIpc) is 2.27. The molecule has 1 amide bonds. The molecule has 1 aromatic rings. The molecule has 1 aliphatic rings. The smallest absolute Gasteiger partial charge is 0.278 e. The SMILES string of the molecule is C=CCN1CNn2ccc(=O)c(O)c2C1=O. The fourth-order valence-corrected chi connectivity index (χ4v) is 1.55. The van der Waals surface area contributed by atoms with Crippen LogP contribution >= 0.6 is 0 Å². The van der Waals surface area contributed by atoms with Crippen LogP contribution < -0.4 is 10.9 Å². The zero-order chi connectivity index (χ0) is 11.7. The quantitative estimate of drug-likeness (QED) is 0.672. The van der Waals surface area contributed by atoms with Crippen LogP contribution in [0.25, 0.3) is 0 Å². The van der Waals surface area contributed by atoms with E-state index in [0.29, 0.717) is 13.2 Å². The Morgan fingerprint density at radius 2 is 2.31 bits per heavy atom. The second-order valence-electron chi connectivity index (χ2n) is 3.38. The van der Waals surface area contributed by atoms with Gasteiger partial charge in [-0.2, -0.15) is 0 Å². The third kappa shape index (κ3) is 1.44. The van der Waals surface area contributed by atoms with Gasteiger partial charge in [0.05, 0.1) is 0 Å². The Morgan fingerprint density at radius 1 is 1.56 bits per heavy atom. The fraction of sp³-hybridized carbons (Fsp3) is 0.200. The summed E-state index contributed by atoms with van der Waals surface area (Å²) in [5.74, 6) is -0.928. The number of pyridine rings is 1. The summed E-state index contributed by atoms with van der Waals surface area (Å²) in [4.78, 5) is 24.5. The van der Waals surface area contributed by atoms with Crippen molar-refractivity contribution >= 4 is 5.91 Å². The largest absolute Gasteiger partial charge is 0.502 e. The highest BCUT2D eigenvalue weighted by molar-refractivity contribution is 5.96. The first-order chi connectivity index (χ1) is 7.65. The number of rotatable bonds is 2. The molecule has 2 heterocycles. The lowest BCUT2D eigenvalue weighted by atomic mass is 10.2. The van der Waals surface area contributed by atoms with Gasteiger partial charge >= 0.3 is 0 Å². The number of nitrogens with zero attached hydrogens (tertiary/aromatic N) is 2. The number of fused-ring (bicyclic) bond motifs is 1. The molecule has 0 unspecified atom stereocenters. The second-order valence-corrected chi connectivity index (χ2v) is 3.38. The van der Waals surface area contributed by atoms with Gasteiger partial charge in [-0.05, 0) is 0 Å². The summed E-state index contributed by atoms with van der Waals surface area (Å²) in [5, 5.41) is 9.55. The highest BCUT2D eigenvalue weighted by Crippen LogP contribution is 2.16. The molecule has 0 fully saturated rings. The van der Waals surface area contributed by atoms with Gasteiger partial charge in [0.25, 0.3) is 5.91 Å². The van der Waals surface area contributed by atoms with E-state index in [2.05, 4.69) is 12.0 Å². The van der Waals surface area contributed by atoms with Crippen molar-refractivity contribution in [2.75, 3.05) is 18.6 Å². The number of amides is 1. The van der Waals surface area contributed by atoms with Crippen LogP contribution in [0.1, 0.15) is 10.5 Å². The molecule has 84 valence electrons. The minimum atomic E-state index is -0.568. The van der Waals surface area contributed by atoms with Gasteiger partial charge in [-0.1, -0.05) is 6.08 Å². The first-order valence-corrected chi connectivity index (χ1v) is 4.74. The molecule has 0 saturated carbocycles.